The highest BCUT2D eigenvalue weighted by molar-refractivity contribution is 5.99. The second-order valence-electron chi connectivity index (χ2n) is 10.9. The second-order valence-corrected chi connectivity index (χ2v) is 10.9. The third kappa shape index (κ3) is 4.56. The van der Waals surface area contributed by atoms with Gasteiger partial charge in [0.25, 0.3) is 0 Å². The first kappa shape index (κ1) is 24.2. The maximum atomic E-state index is 13.3. The van der Waals surface area contributed by atoms with E-state index in [1.807, 2.05) is 12.1 Å². The fraction of sp³-hybridized carbons (Fsp3) is 0.484. The quantitative estimate of drug-likeness (QED) is 0.473. The van der Waals surface area contributed by atoms with Crippen molar-refractivity contribution in [1.82, 2.24) is 9.88 Å². The number of carbonyl (C=O) groups is 2. The normalized spacial score (nSPS) is 20.6. The van der Waals surface area contributed by atoms with E-state index in [0.717, 1.165) is 24.8 Å². The molecule has 1 saturated carbocycles. The Morgan fingerprint density at radius 3 is 2.57 bits per heavy atom. The van der Waals surface area contributed by atoms with E-state index in [4.69, 9.17) is 9.47 Å². The van der Waals surface area contributed by atoms with E-state index in [2.05, 4.69) is 40.2 Å². The summed E-state index contributed by atoms with van der Waals surface area (Å²) in [6, 6.07) is 14.6. The van der Waals surface area contributed by atoms with Gasteiger partial charge in [-0.3, -0.25) is 4.79 Å². The number of hydrogen-bond acceptors (Lipinski definition) is 4. The smallest absolute Gasteiger partial charge is 0.337 e. The van der Waals surface area contributed by atoms with Crippen molar-refractivity contribution >= 4 is 22.8 Å². The Morgan fingerprint density at radius 2 is 1.78 bits per heavy atom. The minimum atomic E-state index is -0.324. The number of ether oxygens (including phenoxy) is 2. The molecule has 37 heavy (non-hydrogen) atoms. The minimum Gasteiger partial charge on any atom is -0.465 e. The van der Waals surface area contributed by atoms with Crippen molar-refractivity contribution in [3.63, 3.8) is 0 Å². The number of amides is 1. The molecule has 1 aliphatic carbocycles. The van der Waals surface area contributed by atoms with E-state index in [-0.39, 0.29) is 23.8 Å². The van der Waals surface area contributed by atoms with E-state index in [0.29, 0.717) is 31.2 Å². The summed E-state index contributed by atoms with van der Waals surface area (Å²) < 4.78 is 12.9. The summed E-state index contributed by atoms with van der Waals surface area (Å²) >= 11 is 0. The van der Waals surface area contributed by atoms with Crippen molar-refractivity contribution < 1.29 is 19.1 Å². The maximum absolute atomic E-state index is 13.3. The first-order valence-corrected chi connectivity index (χ1v) is 13.8. The van der Waals surface area contributed by atoms with Gasteiger partial charge in [0, 0.05) is 42.1 Å². The molecule has 2 aliphatic heterocycles. The van der Waals surface area contributed by atoms with Gasteiger partial charge < -0.3 is 19.4 Å². The molecule has 1 saturated heterocycles. The largest absolute Gasteiger partial charge is 0.465 e. The SMILES string of the molecule is COC(=O)c1ccc2c(C3CCCCC3)c3n(c2c1)CC(NC(=O)C1CCOCC1)Cc1ccccc1-3. The molecule has 1 amide bonds. The van der Waals surface area contributed by atoms with Gasteiger partial charge in [-0.1, -0.05) is 49.6 Å². The lowest BCUT2D eigenvalue weighted by atomic mass is 9.81. The van der Waals surface area contributed by atoms with Gasteiger partial charge in [-0.15, -0.1) is 0 Å². The van der Waals surface area contributed by atoms with Crippen molar-refractivity contribution in [1.29, 1.82) is 0 Å². The van der Waals surface area contributed by atoms with Gasteiger partial charge in [-0.25, -0.2) is 4.79 Å². The fourth-order valence-corrected chi connectivity index (χ4v) is 6.76. The number of aromatic nitrogens is 1. The minimum absolute atomic E-state index is 0.0110. The third-order valence-electron chi connectivity index (χ3n) is 8.62. The molecule has 1 atom stereocenters. The van der Waals surface area contributed by atoms with Crippen molar-refractivity contribution in [3.8, 4) is 11.3 Å². The Bertz CT molecular complexity index is 1310. The first-order valence-electron chi connectivity index (χ1n) is 13.8. The van der Waals surface area contributed by atoms with Crippen LogP contribution in [-0.2, 0) is 27.2 Å². The van der Waals surface area contributed by atoms with E-state index in [1.54, 1.807) is 0 Å². The molecule has 0 bridgehead atoms. The molecule has 2 aromatic carbocycles. The summed E-state index contributed by atoms with van der Waals surface area (Å²) in [4.78, 5) is 25.7. The van der Waals surface area contributed by atoms with Gasteiger partial charge in [-0.2, -0.15) is 0 Å². The van der Waals surface area contributed by atoms with Gasteiger partial charge >= 0.3 is 5.97 Å². The van der Waals surface area contributed by atoms with Crippen LogP contribution in [0, 0.1) is 5.92 Å². The third-order valence-corrected chi connectivity index (χ3v) is 8.62. The standard InChI is InChI=1S/C31H36N2O4/c1-36-31(35)23-11-12-26-27(18-23)33-19-24(32-30(34)21-13-15-37-16-14-21)17-22-9-5-6-10-25(22)29(33)28(26)20-7-3-2-4-8-20/h5-6,9-12,18,20-21,24H,2-4,7-8,13-17,19H2,1H3,(H,32,34). The number of benzene rings is 2. The molecule has 1 aromatic heterocycles. The first-order chi connectivity index (χ1) is 18.1. The van der Waals surface area contributed by atoms with Crippen molar-refractivity contribution in [2.45, 2.75) is 69.9 Å². The van der Waals surface area contributed by atoms with E-state index < -0.39 is 0 Å². The number of hydrogen-bond donors (Lipinski definition) is 1. The number of esters is 1. The summed E-state index contributed by atoms with van der Waals surface area (Å²) in [5.74, 6) is 0.318. The highest BCUT2D eigenvalue weighted by Gasteiger charge is 2.32. The molecule has 6 rings (SSSR count). The zero-order chi connectivity index (χ0) is 25.4. The van der Waals surface area contributed by atoms with Crippen LogP contribution in [0.5, 0.6) is 0 Å². The van der Waals surface area contributed by atoms with Crippen LogP contribution >= 0.6 is 0 Å². The Morgan fingerprint density at radius 1 is 1.00 bits per heavy atom. The molecular weight excluding hydrogens is 464 g/mol. The van der Waals surface area contributed by atoms with Crippen LogP contribution in [0.4, 0.5) is 0 Å². The van der Waals surface area contributed by atoms with E-state index in [1.165, 1.54) is 67.0 Å². The summed E-state index contributed by atoms with van der Waals surface area (Å²) in [7, 11) is 1.43. The van der Waals surface area contributed by atoms with Crippen molar-refractivity contribution in [2.75, 3.05) is 20.3 Å². The highest BCUT2D eigenvalue weighted by Crippen LogP contribution is 2.46. The molecule has 6 heteroatoms. The van der Waals surface area contributed by atoms with Crippen LogP contribution in [0.2, 0.25) is 0 Å². The summed E-state index contributed by atoms with van der Waals surface area (Å²) in [5, 5.41) is 4.63. The predicted octanol–water partition coefficient (Wildman–Crippen LogP) is 5.61. The zero-order valence-corrected chi connectivity index (χ0v) is 21.6. The monoisotopic (exact) mass is 500 g/mol. The van der Waals surface area contributed by atoms with Crippen molar-refractivity contribution in [2.24, 2.45) is 5.92 Å². The van der Waals surface area contributed by atoms with E-state index in [9.17, 15) is 9.59 Å². The Labute approximate surface area is 218 Å². The number of methoxy groups -OCH3 is 1. The Hall–Kier alpha value is -3.12. The number of carbonyl (C=O) groups excluding carboxylic acids is 2. The lowest BCUT2D eigenvalue weighted by molar-refractivity contribution is -0.128. The Balaban J connectivity index is 1.49. The summed E-state index contributed by atoms with van der Waals surface area (Å²) in [6.45, 7) is 1.98. The van der Waals surface area contributed by atoms with Gasteiger partial charge in [0.2, 0.25) is 5.91 Å². The van der Waals surface area contributed by atoms with Crippen LogP contribution in [0.3, 0.4) is 0 Å². The average Bonchev–Trinajstić information content (AvgIpc) is 3.17. The molecule has 1 unspecified atom stereocenters. The summed E-state index contributed by atoms with van der Waals surface area (Å²) in [5.41, 5.74) is 6.82. The van der Waals surface area contributed by atoms with Gasteiger partial charge in [0.15, 0.2) is 0 Å². The predicted molar refractivity (Wildman–Crippen MR) is 144 cm³/mol. The molecule has 3 heterocycles. The lowest BCUT2D eigenvalue weighted by Crippen LogP contribution is -2.43. The molecule has 3 aliphatic rings. The molecule has 6 nitrogen and oxygen atoms in total. The molecule has 2 fully saturated rings. The van der Waals surface area contributed by atoms with Crippen LogP contribution in [0.1, 0.15) is 72.3 Å². The van der Waals surface area contributed by atoms with Crippen LogP contribution in [0.25, 0.3) is 22.2 Å². The van der Waals surface area contributed by atoms with E-state index >= 15 is 0 Å². The van der Waals surface area contributed by atoms with Gasteiger partial charge in [0.05, 0.1) is 24.4 Å². The number of nitrogens with zero attached hydrogens (tertiary/aromatic N) is 1. The number of fused-ring (bicyclic) bond motifs is 5. The maximum Gasteiger partial charge on any atom is 0.337 e. The molecule has 3 aromatic rings. The molecule has 0 spiro atoms. The second kappa shape index (κ2) is 10.3. The molecule has 0 radical (unpaired) electrons. The highest BCUT2D eigenvalue weighted by atomic mass is 16.5. The zero-order valence-electron chi connectivity index (χ0n) is 21.6. The average molecular weight is 501 g/mol. The van der Waals surface area contributed by atoms with Crippen LogP contribution < -0.4 is 5.32 Å². The number of nitrogens with one attached hydrogen (secondary N) is 1. The molecule has 1 N–H and O–H groups in total. The van der Waals surface area contributed by atoms with Gasteiger partial charge in [0.1, 0.15) is 0 Å². The molecular formula is C31H36N2O4. The van der Waals surface area contributed by atoms with Crippen molar-refractivity contribution in [3.05, 3.63) is 59.2 Å². The fourth-order valence-electron chi connectivity index (χ4n) is 6.76. The lowest BCUT2D eigenvalue weighted by Gasteiger charge is -2.25. The van der Waals surface area contributed by atoms with Crippen LogP contribution in [0.15, 0.2) is 42.5 Å². The topological polar surface area (TPSA) is 69.6 Å². The summed E-state index contributed by atoms with van der Waals surface area (Å²) in [6.07, 6.45) is 8.53. The van der Waals surface area contributed by atoms with Gasteiger partial charge in [-0.05, 0) is 61.3 Å². The Kier molecular flexibility index (Phi) is 6.76. The number of rotatable bonds is 4. The molecule has 194 valence electrons. The van der Waals surface area contributed by atoms with Crippen LogP contribution in [-0.4, -0.2) is 42.8 Å².